The zero-order valence-electron chi connectivity index (χ0n) is 14.1. The van der Waals surface area contributed by atoms with Gasteiger partial charge in [-0.2, -0.15) is 0 Å². The van der Waals surface area contributed by atoms with Gasteiger partial charge in [-0.05, 0) is 26.8 Å². The topological polar surface area (TPSA) is 97.5 Å². The van der Waals surface area contributed by atoms with Gasteiger partial charge in [-0.25, -0.2) is 9.37 Å². The van der Waals surface area contributed by atoms with E-state index >= 15 is 0 Å². The largest absolute Gasteiger partial charge is 0.495 e. The van der Waals surface area contributed by atoms with Crippen molar-refractivity contribution in [3.05, 3.63) is 26.5 Å². The molecule has 0 amide bonds. The molecule has 0 saturated carbocycles. The van der Waals surface area contributed by atoms with E-state index in [1.807, 2.05) is 13.0 Å². The molecule has 2 heterocycles. The fraction of sp³-hybridized carbons (Fsp3) is 0.500. The van der Waals surface area contributed by atoms with E-state index in [-0.39, 0.29) is 11.1 Å². The van der Waals surface area contributed by atoms with Gasteiger partial charge in [-0.1, -0.05) is 6.08 Å². The van der Waals surface area contributed by atoms with E-state index in [0.29, 0.717) is 30.7 Å². The van der Waals surface area contributed by atoms with Gasteiger partial charge in [0.15, 0.2) is 5.83 Å². The third-order valence-electron chi connectivity index (χ3n) is 3.53. The number of carboxylic acid groups (broad SMARTS) is 1. The number of halogens is 1. The maximum atomic E-state index is 14.3. The normalized spacial score (nSPS) is 23.0. The molecule has 4 N–H and O–H groups in total. The first-order chi connectivity index (χ1) is 12.0. The Morgan fingerprint density at radius 3 is 2.96 bits per heavy atom. The molecule has 1 aliphatic heterocycles. The van der Waals surface area contributed by atoms with Crippen LogP contribution in [0.15, 0.2) is 11.6 Å². The summed E-state index contributed by atoms with van der Waals surface area (Å²) in [5.74, 6) is -0.678. The van der Waals surface area contributed by atoms with Crippen LogP contribution in [0.3, 0.4) is 0 Å². The highest BCUT2D eigenvalue weighted by molar-refractivity contribution is 7.99. The molecule has 138 valence electrons. The third-order valence-corrected chi connectivity index (χ3v) is 6.10. The molecule has 1 aromatic heterocycles. The van der Waals surface area contributed by atoms with Gasteiger partial charge in [0.1, 0.15) is 22.2 Å². The van der Waals surface area contributed by atoms with Gasteiger partial charge in [0.25, 0.3) is 0 Å². The van der Waals surface area contributed by atoms with Crippen molar-refractivity contribution >= 4 is 41.2 Å². The second kappa shape index (κ2) is 9.33. The maximum absolute atomic E-state index is 14.3. The van der Waals surface area contributed by atoms with Crippen LogP contribution in [0.4, 0.5) is 4.39 Å². The molecule has 1 saturated heterocycles. The summed E-state index contributed by atoms with van der Waals surface area (Å²) in [7, 11) is 0. The van der Waals surface area contributed by atoms with E-state index < -0.39 is 17.8 Å². The number of carboxylic acids is 1. The molecule has 1 aliphatic rings. The average molecular weight is 388 g/mol. The number of hydrogen-bond donors (Lipinski definition) is 3. The maximum Gasteiger partial charge on any atom is 0.321 e. The van der Waals surface area contributed by atoms with Crippen molar-refractivity contribution in [2.45, 2.75) is 31.7 Å². The van der Waals surface area contributed by atoms with Gasteiger partial charge in [0.05, 0.1) is 16.5 Å². The summed E-state index contributed by atoms with van der Waals surface area (Å²) in [6, 6.07) is -0.588. The van der Waals surface area contributed by atoms with Gasteiger partial charge >= 0.3 is 5.97 Å². The number of rotatable bonds is 7. The molecular weight excluding hydrogens is 365 g/mol. The monoisotopic (exact) mass is 387 g/mol. The van der Waals surface area contributed by atoms with Gasteiger partial charge in [-0.15, -0.1) is 23.1 Å². The highest BCUT2D eigenvalue weighted by Gasteiger charge is 2.31. The highest BCUT2D eigenvalue weighted by Crippen LogP contribution is 2.32. The molecule has 25 heavy (non-hydrogen) atoms. The van der Waals surface area contributed by atoms with Crippen molar-refractivity contribution in [2.75, 3.05) is 18.9 Å². The lowest BCUT2D eigenvalue weighted by molar-refractivity contribution is -0.138. The minimum absolute atomic E-state index is 0.194. The summed E-state index contributed by atoms with van der Waals surface area (Å²) in [5, 5.41) is 13.2. The summed E-state index contributed by atoms with van der Waals surface area (Å²) in [6.07, 6.45) is 3.87. The number of hydrogen-bond acceptors (Lipinski definition) is 7. The van der Waals surface area contributed by atoms with Crippen molar-refractivity contribution in [3.8, 4) is 0 Å². The van der Waals surface area contributed by atoms with E-state index in [1.54, 1.807) is 6.92 Å². The van der Waals surface area contributed by atoms with Crippen molar-refractivity contribution in [3.63, 3.8) is 0 Å². The van der Waals surface area contributed by atoms with Crippen LogP contribution in [0.1, 0.15) is 30.6 Å². The Kier molecular flexibility index (Phi) is 7.42. The number of aliphatic carboxylic acids is 1. The standard InChI is InChI=1S/C16H22FN3O3S2/c1-3-13-11(7-10(17)9(2)23-6-4-5-18)19-15(25-13)14-20-12(8-24-14)16(21)22/h3,7,12,14,20H,4-6,8,18H2,1-2H3,(H,21,22)/b10-9-,11-7+,13-3+/t12-,14?/m1/s1. The molecule has 1 aromatic rings. The molecule has 2 atom stereocenters. The number of carbonyl (C=O) groups is 1. The zero-order valence-corrected chi connectivity index (χ0v) is 15.8. The van der Waals surface area contributed by atoms with Crippen LogP contribution in [0.25, 0.3) is 12.2 Å². The molecule has 1 fully saturated rings. The number of ether oxygens (including phenoxy) is 1. The lowest BCUT2D eigenvalue weighted by Gasteiger charge is -2.06. The van der Waals surface area contributed by atoms with Gasteiger partial charge in [0.2, 0.25) is 0 Å². The lowest BCUT2D eigenvalue weighted by atomic mass is 10.3. The number of nitrogens with one attached hydrogen (secondary N) is 1. The predicted molar refractivity (Wildman–Crippen MR) is 99.2 cm³/mol. The number of allylic oxidation sites excluding steroid dienone is 2. The van der Waals surface area contributed by atoms with Crippen LogP contribution in [-0.4, -0.2) is 41.0 Å². The molecule has 6 nitrogen and oxygen atoms in total. The second-order valence-electron chi connectivity index (χ2n) is 5.40. The van der Waals surface area contributed by atoms with E-state index in [4.69, 9.17) is 15.6 Å². The number of thiazole rings is 1. The first kappa shape index (κ1) is 19.9. The Morgan fingerprint density at radius 2 is 2.36 bits per heavy atom. The van der Waals surface area contributed by atoms with Crippen LogP contribution >= 0.6 is 23.1 Å². The smallest absolute Gasteiger partial charge is 0.321 e. The molecule has 0 radical (unpaired) electrons. The Bertz CT molecular complexity index is 763. The second-order valence-corrected chi connectivity index (χ2v) is 7.60. The van der Waals surface area contributed by atoms with Crippen molar-refractivity contribution < 1.29 is 19.0 Å². The molecule has 2 rings (SSSR count). The van der Waals surface area contributed by atoms with Gasteiger partial charge in [0, 0.05) is 11.8 Å². The highest BCUT2D eigenvalue weighted by atomic mass is 32.2. The summed E-state index contributed by atoms with van der Waals surface area (Å²) in [6.45, 7) is 4.29. The van der Waals surface area contributed by atoms with Crippen LogP contribution in [0.5, 0.6) is 0 Å². The average Bonchev–Trinajstić information content (AvgIpc) is 3.21. The molecule has 0 aliphatic carbocycles. The zero-order chi connectivity index (χ0) is 18.4. The number of nitrogens with two attached hydrogens (primary N) is 1. The fourth-order valence-electron chi connectivity index (χ4n) is 2.14. The summed E-state index contributed by atoms with van der Waals surface area (Å²) in [5.41, 5.74) is 5.39. The summed E-state index contributed by atoms with van der Waals surface area (Å²) >= 11 is 2.91. The fourth-order valence-corrected chi connectivity index (χ4v) is 4.44. The number of aromatic nitrogens is 1. The van der Waals surface area contributed by atoms with Gasteiger partial charge in [-0.3, -0.25) is 10.1 Å². The van der Waals surface area contributed by atoms with Crippen LogP contribution in [0.2, 0.25) is 0 Å². The van der Waals surface area contributed by atoms with E-state index in [1.165, 1.54) is 29.2 Å². The molecule has 0 aromatic carbocycles. The SMILES string of the molecule is C/C=c1/sc(C2N[C@@H](C(=O)O)CS2)n/c1=C/C(F)=C(\C)OCCCN. The molecule has 0 bridgehead atoms. The van der Waals surface area contributed by atoms with E-state index in [9.17, 15) is 9.18 Å². The minimum atomic E-state index is -0.875. The van der Waals surface area contributed by atoms with Crippen LogP contribution in [0, 0.1) is 0 Å². The van der Waals surface area contributed by atoms with Crippen LogP contribution in [-0.2, 0) is 9.53 Å². The van der Waals surface area contributed by atoms with Crippen molar-refractivity contribution in [1.82, 2.24) is 10.3 Å². The quantitative estimate of drug-likeness (QED) is 0.476. The number of thioether (sulfide) groups is 1. The first-order valence-corrected chi connectivity index (χ1v) is 9.77. The molecular formula is C16H22FN3O3S2. The Labute approximate surface area is 153 Å². The minimum Gasteiger partial charge on any atom is -0.495 e. The van der Waals surface area contributed by atoms with Crippen molar-refractivity contribution in [2.24, 2.45) is 5.73 Å². The van der Waals surface area contributed by atoms with Crippen molar-refractivity contribution in [1.29, 1.82) is 0 Å². The van der Waals surface area contributed by atoms with Gasteiger partial charge < -0.3 is 15.6 Å². The lowest BCUT2D eigenvalue weighted by Crippen LogP contribution is -2.33. The Morgan fingerprint density at radius 1 is 1.60 bits per heavy atom. The molecule has 0 spiro atoms. The Balaban J connectivity index is 2.23. The number of nitrogens with zero attached hydrogens (tertiary/aromatic N) is 1. The summed E-state index contributed by atoms with van der Waals surface area (Å²) < 4.78 is 20.4. The molecule has 1 unspecified atom stereocenters. The molecule has 9 heteroatoms. The Hall–Kier alpha value is -1.42. The van der Waals surface area contributed by atoms with Crippen LogP contribution < -0.4 is 20.9 Å². The van der Waals surface area contributed by atoms with E-state index in [2.05, 4.69) is 10.3 Å². The first-order valence-electron chi connectivity index (χ1n) is 7.90. The summed E-state index contributed by atoms with van der Waals surface area (Å²) in [4.78, 5) is 15.5. The third kappa shape index (κ3) is 5.27. The predicted octanol–water partition coefficient (Wildman–Crippen LogP) is 1.08. The van der Waals surface area contributed by atoms with E-state index in [0.717, 1.165) is 9.54 Å².